The minimum atomic E-state index is 0.245. The molecule has 1 fully saturated rings. The topological polar surface area (TPSA) is 40.5 Å². The Morgan fingerprint density at radius 3 is 2.07 bits per heavy atom. The average molecular weight is 206 g/mol. The van der Waals surface area contributed by atoms with Crippen molar-refractivity contribution in [3.8, 4) is 11.5 Å². The number of rotatable bonds is 1. The second-order valence-electron chi connectivity index (χ2n) is 4.67. The van der Waals surface area contributed by atoms with E-state index < -0.39 is 0 Å². The summed E-state index contributed by atoms with van der Waals surface area (Å²) in [6.45, 7) is 2.26. The molecule has 2 nitrogen and oxygen atoms in total. The summed E-state index contributed by atoms with van der Waals surface area (Å²) in [7, 11) is 0. The highest BCUT2D eigenvalue weighted by atomic mass is 16.3. The zero-order valence-corrected chi connectivity index (χ0v) is 9.11. The van der Waals surface area contributed by atoms with Crippen LogP contribution in [-0.2, 0) is 0 Å². The van der Waals surface area contributed by atoms with Crippen LogP contribution in [0.1, 0.15) is 44.1 Å². The molecule has 15 heavy (non-hydrogen) atoms. The fraction of sp³-hybridized carbons (Fsp3) is 0.538. The predicted molar refractivity (Wildman–Crippen MR) is 60.1 cm³/mol. The van der Waals surface area contributed by atoms with Crippen LogP contribution >= 0.6 is 0 Å². The van der Waals surface area contributed by atoms with Crippen molar-refractivity contribution < 1.29 is 10.2 Å². The van der Waals surface area contributed by atoms with Crippen LogP contribution in [0.15, 0.2) is 18.2 Å². The van der Waals surface area contributed by atoms with Gasteiger partial charge in [0.1, 0.15) is 11.5 Å². The molecule has 0 unspecified atom stereocenters. The SMILES string of the molecule is CC1CCC(c2c(O)cccc2O)CC1. The molecule has 0 amide bonds. The van der Waals surface area contributed by atoms with Gasteiger partial charge in [0.05, 0.1) is 0 Å². The van der Waals surface area contributed by atoms with Crippen LogP contribution in [-0.4, -0.2) is 10.2 Å². The number of phenols is 2. The van der Waals surface area contributed by atoms with E-state index in [1.165, 1.54) is 12.8 Å². The van der Waals surface area contributed by atoms with Crippen molar-refractivity contribution in [2.24, 2.45) is 5.92 Å². The van der Waals surface area contributed by atoms with Crippen LogP contribution < -0.4 is 0 Å². The van der Waals surface area contributed by atoms with Gasteiger partial charge < -0.3 is 10.2 Å². The molecule has 0 atom stereocenters. The molecule has 1 aliphatic carbocycles. The molecule has 0 heterocycles. The van der Waals surface area contributed by atoms with E-state index in [0.29, 0.717) is 5.92 Å². The Labute approximate surface area is 90.6 Å². The van der Waals surface area contributed by atoms with E-state index in [9.17, 15) is 10.2 Å². The lowest BCUT2D eigenvalue weighted by Gasteiger charge is -2.27. The van der Waals surface area contributed by atoms with Crippen LogP contribution in [0.4, 0.5) is 0 Å². The van der Waals surface area contributed by atoms with E-state index in [-0.39, 0.29) is 11.5 Å². The lowest BCUT2D eigenvalue weighted by atomic mass is 9.79. The van der Waals surface area contributed by atoms with Crippen LogP contribution in [0.3, 0.4) is 0 Å². The molecule has 0 saturated heterocycles. The highest BCUT2D eigenvalue weighted by Crippen LogP contribution is 2.42. The Hall–Kier alpha value is -1.18. The molecule has 1 aromatic rings. The third-order valence-corrected chi connectivity index (χ3v) is 3.48. The van der Waals surface area contributed by atoms with Gasteiger partial charge in [-0.15, -0.1) is 0 Å². The van der Waals surface area contributed by atoms with Gasteiger partial charge in [0.2, 0.25) is 0 Å². The van der Waals surface area contributed by atoms with Crippen molar-refractivity contribution in [3.05, 3.63) is 23.8 Å². The van der Waals surface area contributed by atoms with Gasteiger partial charge in [-0.05, 0) is 36.8 Å². The standard InChI is InChI=1S/C13H18O2/c1-9-5-7-10(8-6-9)13-11(14)3-2-4-12(13)15/h2-4,9-10,14-15H,5-8H2,1H3. The fourth-order valence-corrected chi connectivity index (χ4v) is 2.51. The molecular weight excluding hydrogens is 188 g/mol. The second kappa shape index (κ2) is 4.13. The van der Waals surface area contributed by atoms with E-state index in [0.717, 1.165) is 24.3 Å². The van der Waals surface area contributed by atoms with E-state index in [2.05, 4.69) is 6.92 Å². The lowest BCUT2D eigenvalue weighted by molar-refractivity contribution is 0.331. The molecule has 0 spiro atoms. The minimum absolute atomic E-state index is 0.245. The van der Waals surface area contributed by atoms with Gasteiger partial charge in [0.25, 0.3) is 0 Å². The number of hydrogen-bond donors (Lipinski definition) is 2. The average Bonchev–Trinajstić information content (AvgIpc) is 2.20. The van der Waals surface area contributed by atoms with Crippen LogP contribution in [0.5, 0.6) is 11.5 Å². The Bertz CT molecular complexity index is 318. The molecule has 0 bridgehead atoms. The van der Waals surface area contributed by atoms with E-state index >= 15 is 0 Å². The lowest BCUT2D eigenvalue weighted by Crippen LogP contribution is -2.11. The zero-order valence-electron chi connectivity index (χ0n) is 9.11. The first-order chi connectivity index (χ1) is 7.18. The molecule has 2 heteroatoms. The third kappa shape index (κ3) is 2.09. The summed E-state index contributed by atoms with van der Waals surface area (Å²) in [5.41, 5.74) is 0.754. The molecule has 1 aliphatic rings. The number of benzene rings is 1. The quantitative estimate of drug-likeness (QED) is 0.739. The summed E-state index contributed by atoms with van der Waals surface area (Å²) in [5, 5.41) is 19.5. The van der Waals surface area contributed by atoms with Crippen molar-refractivity contribution in [1.29, 1.82) is 0 Å². The smallest absolute Gasteiger partial charge is 0.122 e. The highest BCUT2D eigenvalue weighted by molar-refractivity contribution is 5.45. The zero-order chi connectivity index (χ0) is 10.8. The molecule has 1 saturated carbocycles. The molecule has 82 valence electrons. The predicted octanol–water partition coefficient (Wildman–Crippen LogP) is 3.39. The number of hydrogen-bond acceptors (Lipinski definition) is 2. The molecule has 0 aliphatic heterocycles. The van der Waals surface area contributed by atoms with Crippen molar-refractivity contribution in [2.45, 2.75) is 38.5 Å². The van der Waals surface area contributed by atoms with Gasteiger partial charge in [-0.2, -0.15) is 0 Å². The van der Waals surface area contributed by atoms with E-state index in [1.807, 2.05) is 0 Å². The fourth-order valence-electron chi connectivity index (χ4n) is 2.51. The first-order valence-corrected chi connectivity index (χ1v) is 5.69. The van der Waals surface area contributed by atoms with Gasteiger partial charge in [-0.1, -0.05) is 25.8 Å². The Kier molecular flexibility index (Phi) is 2.85. The summed E-state index contributed by atoms with van der Waals surface area (Å²) in [6.07, 6.45) is 4.54. The summed E-state index contributed by atoms with van der Waals surface area (Å²) in [6, 6.07) is 5.00. The first-order valence-electron chi connectivity index (χ1n) is 5.69. The van der Waals surface area contributed by atoms with E-state index in [4.69, 9.17) is 0 Å². The summed E-state index contributed by atoms with van der Waals surface area (Å²) in [4.78, 5) is 0. The van der Waals surface area contributed by atoms with Crippen LogP contribution in [0.2, 0.25) is 0 Å². The molecule has 2 rings (SSSR count). The molecule has 1 aromatic carbocycles. The van der Waals surface area contributed by atoms with E-state index in [1.54, 1.807) is 18.2 Å². The van der Waals surface area contributed by atoms with Crippen LogP contribution in [0, 0.1) is 5.92 Å². The second-order valence-corrected chi connectivity index (χ2v) is 4.67. The molecule has 2 N–H and O–H groups in total. The van der Waals surface area contributed by atoms with Crippen molar-refractivity contribution in [2.75, 3.05) is 0 Å². The van der Waals surface area contributed by atoms with Gasteiger partial charge in [-0.3, -0.25) is 0 Å². The highest BCUT2D eigenvalue weighted by Gasteiger charge is 2.24. The maximum Gasteiger partial charge on any atom is 0.122 e. The van der Waals surface area contributed by atoms with Crippen molar-refractivity contribution in [1.82, 2.24) is 0 Å². The molecule has 0 radical (unpaired) electrons. The molecule has 0 aromatic heterocycles. The minimum Gasteiger partial charge on any atom is -0.508 e. The summed E-state index contributed by atoms with van der Waals surface area (Å²) >= 11 is 0. The van der Waals surface area contributed by atoms with Gasteiger partial charge in [-0.25, -0.2) is 0 Å². The van der Waals surface area contributed by atoms with Crippen molar-refractivity contribution in [3.63, 3.8) is 0 Å². The Morgan fingerprint density at radius 1 is 1.00 bits per heavy atom. The van der Waals surface area contributed by atoms with Gasteiger partial charge >= 0.3 is 0 Å². The monoisotopic (exact) mass is 206 g/mol. The van der Waals surface area contributed by atoms with Gasteiger partial charge in [0.15, 0.2) is 0 Å². The van der Waals surface area contributed by atoms with Gasteiger partial charge in [0, 0.05) is 5.56 Å². The molecular formula is C13H18O2. The Balaban J connectivity index is 2.22. The normalized spacial score (nSPS) is 26.5. The maximum atomic E-state index is 9.75. The summed E-state index contributed by atoms with van der Waals surface area (Å²) in [5.74, 6) is 1.61. The number of aromatic hydroxyl groups is 2. The maximum absolute atomic E-state index is 9.75. The van der Waals surface area contributed by atoms with Crippen molar-refractivity contribution >= 4 is 0 Å². The largest absolute Gasteiger partial charge is 0.508 e. The first kappa shape index (κ1) is 10.3. The third-order valence-electron chi connectivity index (χ3n) is 3.48. The Morgan fingerprint density at radius 2 is 1.53 bits per heavy atom. The number of phenolic OH excluding ortho intramolecular Hbond substituents is 2. The van der Waals surface area contributed by atoms with Crippen LogP contribution in [0.25, 0.3) is 0 Å². The summed E-state index contributed by atoms with van der Waals surface area (Å²) < 4.78 is 0.